The number of halogens is 1. The van der Waals surface area contributed by atoms with Gasteiger partial charge in [0.2, 0.25) is 5.91 Å². The summed E-state index contributed by atoms with van der Waals surface area (Å²) < 4.78 is 0. The molecule has 1 heterocycles. The molecule has 0 spiro atoms. The Hall–Kier alpha value is -1.32. The molecule has 0 bridgehead atoms. The van der Waals surface area contributed by atoms with Gasteiger partial charge in [-0.25, -0.2) is 0 Å². The quantitative estimate of drug-likeness (QED) is 0.807. The lowest BCUT2D eigenvalue weighted by molar-refractivity contribution is -0.136. The molecule has 0 saturated carbocycles. The molecule has 1 aromatic rings. The second-order valence-electron chi connectivity index (χ2n) is 4.66. The van der Waals surface area contributed by atoms with Gasteiger partial charge in [0, 0.05) is 26.2 Å². The van der Waals surface area contributed by atoms with Crippen LogP contribution in [-0.4, -0.2) is 37.0 Å². The van der Waals surface area contributed by atoms with Crippen molar-refractivity contribution >= 4 is 18.3 Å². The normalized spacial score (nSPS) is 14.1. The lowest BCUT2D eigenvalue weighted by Gasteiger charge is -2.32. The van der Waals surface area contributed by atoms with Gasteiger partial charge in [-0.05, 0) is 12.0 Å². The molecule has 19 heavy (non-hydrogen) atoms. The second kappa shape index (κ2) is 7.97. The number of benzene rings is 1. The van der Waals surface area contributed by atoms with Crippen molar-refractivity contribution in [2.75, 3.05) is 26.2 Å². The highest BCUT2D eigenvalue weighted by Gasteiger charge is 2.28. The lowest BCUT2D eigenvalue weighted by Crippen LogP contribution is -2.52. The van der Waals surface area contributed by atoms with Gasteiger partial charge in [0.15, 0.2) is 0 Å². The highest BCUT2D eigenvalue weighted by atomic mass is 35.5. The lowest BCUT2D eigenvalue weighted by atomic mass is 10.0. The molecule has 0 radical (unpaired) electrons. The van der Waals surface area contributed by atoms with Gasteiger partial charge in [-0.1, -0.05) is 36.4 Å². The van der Waals surface area contributed by atoms with E-state index in [0.717, 1.165) is 26.1 Å². The average molecular weight is 281 g/mol. The summed E-state index contributed by atoms with van der Waals surface area (Å²) in [6, 6.07) is 10.3. The van der Waals surface area contributed by atoms with E-state index in [1.165, 1.54) is 5.56 Å². The van der Waals surface area contributed by atoms with E-state index in [1.807, 2.05) is 23.1 Å². The van der Waals surface area contributed by atoms with E-state index >= 15 is 0 Å². The molecular formula is C15H21ClN2O. The molecule has 0 aliphatic carbocycles. The van der Waals surface area contributed by atoms with Gasteiger partial charge in [0.25, 0.3) is 0 Å². The largest absolute Gasteiger partial charge is 0.338 e. The van der Waals surface area contributed by atoms with Gasteiger partial charge in [-0.15, -0.1) is 19.0 Å². The predicted octanol–water partition coefficient (Wildman–Crippen LogP) is 1.88. The molecule has 1 amide bonds. The van der Waals surface area contributed by atoms with Gasteiger partial charge >= 0.3 is 0 Å². The number of nitrogens with zero attached hydrogens (tertiary/aromatic N) is 1. The summed E-state index contributed by atoms with van der Waals surface area (Å²) in [7, 11) is 0. The minimum absolute atomic E-state index is 0. The van der Waals surface area contributed by atoms with Crippen molar-refractivity contribution in [3.05, 3.63) is 48.6 Å². The van der Waals surface area contributed by atoms with E-state index in [4.69, 9.17) is 0 Å². The van der Waals surface area contributed by atoms with Crippen LogP contribution >= 0.6 is 12.4 Å². The van der Waals surface area contributed by atoms with Crippen molar-refractivity contribution in [1.82, 2.24) is 10.2 Å². The first-order valence-corrected chi connectivity index (χ1v) is 6.45. The van der Waals surface area contributed by atoms with Crippen LogP contribution in [0.1, 0.15) is 5.56 Å². The molecule has 1 aliphatic heterocycles. The standard InChI is InChI=1S/C15H20N2O.ClH/c1-2-9-17(15(18)14-11-16-12-14)10-8-13-6-4-3-5-7-13;/h2-7,14,16H,1,8-12H2;1H. The summed E-state index contributed by atoms with van der Waals surface area (Å²) in [5, 5.41) is 3.14. The van der Waals surface area contributed by atoms with Crippen molar-refractivity contribution < 1.29 is 4.79 Å². The van der Waals surface area contributed by atoms with Crippen LogP contribution in [0.2, 0.25) is 0 Å². The molecule has 0 unspecified atom stereocenters. The van der Waals surface area contributed by atoms with Crippen molar-refractivity contribution in [1.29, 1.82) is 0 Å². The molecule has 0 aromatic heterocycles. The van der Waals surface area contributed by atoms with Crippen LogP contribution in [0, 0.1) is 5.92 Å². The maximum absolute atomic E-state index is 12.2. The maximum atomic E-state index is 12.2. The van der Waals surface area contributed by atoms with Crippen molar-refractivity contribution in [3.63, 3.8) is 0 Å². The van der Waals surface area contributed by atoms with Gasteiger partial charge in [-0.2, -0.15) is 0 Å². The minimum atomic E-state index is 0. The SMILES string of the molecule is C=CCN(CCc1ccccc1)C(=O)C1CNC1.Cl. The fraction of sp³-hybridized carbons (Fsp3) is 0.400. The highest BCUT2D eigenvalue weighted by molar-refractivity contribution is 5.85. The molecule has 2 rings (SSSR count). The van der Waals surface area contributed by atoms with Crippen LogP contribution in [0.3, 0.4) is 0 Å². The summed E-state index contributed by atoms with van der Waals surface area (Å²) >= 11 is 0. The Kier molecular flexibility index (Phi) is 6.60. The van der Waals surface area contributed by atoms with Crippen molar-refractivity contribution in [3.8, 4) is 0 Å². The van der Waals surface area contributed by atoms with Gasteiger partial charge in [0.1, 0.15) is 0 Å². The fourth-order valence-corrected chi connectivity index (χ4v) is 2.08. The Morgan fingerprint density at radius 1 is 1.37 bits per heavy atom. The molecule has 1 aromatic carbocycles. The Balaban J connectivity index is 0.00000180. The number of hydrogen-bond acceptors (Lipinski definition) is 2. The third kappa shape index (κ3) is 4.37. The van der Waals surface area contributed by atoms with E-state index in [0.29, 0.717) is 6.54 Å². The average Bonchev–Trinajstić information content (AvgIpc) is 2.33. The van der Waals surface area contributed by atoms with Crippen LogP contribution in [0.4, 0.5) is 0 Å². The fourth-order valence-electron chi connectivity index (χ4n) is 2.08. The molecule has 0 atom stereocenters. The first-order chi connectivity index (χ1) is 8.81. The zero-order chi connectivity index (χ0) is 12.8. The zero-order valence-corrected chi connectivity index (χ0v) is 11.9. The Morgan fingerprint density at radius 2 is 2.05 bits per heavy atom. The minimum Gasteiger partial charge on any atom is -0.338 e. The van der Waals surface area contributed by atoms with Crippen LogP contribution in [0.25, 0.3) is 0 Å². The predicted molar refractivity (Wildman–Crippen MR) is 80.5 cm³/mol. The van der Waals surface area contributed by atoms with Crippen LogP contribution in [-0.2, 0) is 11.2 Å². The number of carbonyl (C=O) groups excluding carboxylic acids is 1. The monoisotopic (exact) mass is 280 g/mol. The van der Waals surface area contributed by atoms with Gasteiger partial charge in [-0.3, -0.25) is 4.79 Å². The zero-order valence-electron chi connectivity index (χ0n) is 11.0. The molecule has 1 saturated heterocycles. The van der Waals surface area contributed by atoms with Crippen molar-refractivity contribution in [2.45, 2.75) is 6.42 Å². The van der Waals surface area contributed by atoms with E-state index in [1.54, 1.807) is 6.08 Å². The van der Waals surface area contributed by atoms with E-state index in [-0.39, 0.29) is 24.2 Å². The summed E-state index contributed by atoms with van der Waals surface area (Å²) in [5.74, 6) is 0.422. The topological polar surface area (TPSA) is 32.3 Å². The number of rotatable bonds is 6. The van der Waals surface area contributed by atoms with Crippen LogP contribution in [0.5, 0.6) is 0 Å². The van der Waals surface area contributed by atoms with E-state index in [2.05, 4.69) is 24.0 Å². The molecule has 1 N–H and O–H groups in total. The molecule has 4 heteroatoms. The summed E-state index contributed by atoms with van der Waals surface area (Å²) in [6.45, 7) is 6.78. The third-order valence-corrected chi connectivity index (χ3v) is 3.31. The summed E-state index contributed by atoms with van der Waals surface area (Å²) in [4.78, 5) is 14.1. The number of hydrogen-bond donors (Lipinski definition) is 1. The number of carbonyl (C=O) groups is 1. The summed E-state index contributed by atoms with van der Waals surface area (Å²) in [6.07, 6.45) is 2.70. The van der Waals surface area contributed by atoms with Crippen molar-refractivity contribution in [2.24, 2.45) is 5.92 Å². The molecule has 1 aliphatic rings. The first-order valence-electron chi connectivity index (χ1n) is 6.45. The molecule has 104 valence electrons. The van der Waals surface area contributed by atoms with Gasteiger partial charge in [0.05, 0.1) is 5.92 Å². The van der Waals surface area contributed by atoms with Gasteiger partial charge < -0.3 is 10.2 Å². The third-order valence-electron chi connectivity index (χ3n) is 3.31. The number of nitrogens with one attached hydrogen (secondary N) is 1. The second-order valence-corrected chi connectivity index (χ2v) is 4.66. The summed E-state index contributed by atoms with van der Waals surface area (Å²) in [5.41, 5.74) is 1.27. The smallest absolute Gasteiger partial charge is 0.228 e. The van der Waals surface area contributed by atoms with Crippen LogP contribution in [0.15, 0.2) is 43.0 Å². The molecule has 1 fully saturated rings. The van der Waals surface area contributed by atoms with E-state index < -0.39 is 0 Å². The van der Waals surface area contributed by atoms with E-state index in [9.17, 15) is 4.79 Å². The first kappa shape index (κ1) is 15.7. The maximum Gasteiger partial charge on any atom is 0.228 e. The Morgan fingerprint density at radius 3 is 2.58 bits per heavy atom. The number of amides is 1. The van der Waals surface area contributed by atoms with Crippen LogP contribution < -0.4 is 5.32 Å². The Labute approximate surface area is 121 Å². The highest BCUT2D eigenvalue weighted by Crippen LogP contribution is 2.10. The molecular weight excluding hydrogens is 260 g/mol. The molecule has 3 nitrogen and oxygen atoms in total. The Bertz CT molecular complexity index is 404.